The number of ether oxygens (including phenoxy) is 2. The fourth-order valence-corrected chi connectivity index (χ4v) is 2.09. The molecule has 4 heteroatoms. The number of hydrogen-bond acceptors (Lipinski definition) is 3. The molecule has 1 aromatic rings. The van der Waals surface area contributed by atoms with E-state index in [-0.39, 0.29) is 0 Å². The molecule has 0 amide bonds. The van der Waals surface area contributed by atoms with Crippen LogP contribution < -0.4 is 14.8 Å². The summed E-state index contributed by atoms with van der Waals surface area (Å²) in [6.45, 7) is 5.71. The molecule has 3 nitrogen and oxygen atoms in total. The van der Waals surface area contributed by atoms with Crippen LogP contribution in [0.5, 0.6) is 11.5 Å². The average molecular weight is 284 g/mol. The van der Waals surface area contributed by atoms with Gasteiger partial charge in [-0.15, -0.1) is 0 Å². The van der Waals surface area contributed by atoms with Gasteiger partial charge in [-0.1, -0.05) is 25.4 Å². The number of nitrogens with one attached hydrogen (secondary N) is 1. The maximum Gasteiger partial charge on any atom is 0.165 e. The maximum atomic E-state index is 6.13. The lowest BCUT2D eigenvalue weighted by atomic mass is 10.1. The van der Waals surface area contributed by atoms with Gasteiger partial charge in [-0.3, -0.25) is 0 Å². The number of hydrogen-bond donors (Lipinski definition) is 1. The van der Waals surface area contributed by atoms with Crippen LogP contribution in [0.25, 0.3) is 0 Å². The van der Waals surface area contributed by atoms with Gasteiger partial charge in [0.1, 0.15) is 0 Å². The van der Waals surface area contributed by atoms with E-state index in [1.807, 2.05) is 6.07 Å². The van der Waals surface area contributed by atoms with Crippen LogP contribution in [0.2, 0.25) is 5.02 Å². The molecule has 1 fully saturated rings. The van der Waals surface area contributed by atoms with E-state index >= 15 is 0 Å². The molecule has 0 heterocycles. The normalized spacial score (nSPS) is 14.8. The van der Waals surface area contributed by atoms with Gasteiger partial charge in [-0.2, -0.15) is 0 Å². The van der Waals surface area contributed by atoms with Crippen LogP contribution in [0, 0.1) is 5.92 Å². The van der Waals surface area contributed by atoms with Crippen LogP contribution in [-0.2, 0) is 6.54 Å². The first-order chi connectivity index (χ1) is 9.10. The van der Waals surface area contributed by atoms with Gasteiger partial charge in [-0.25, -0.2) is 0 Å². The van der Waals surface area contributed by atoms with Crippen molar-refractivity contribution in [2.24, 2.45) is 5.92 Å². The van der Waals surface area contributed by atoms with Gasteiger partial charge in [0.05, 0.1) is 13.7 Å². The largest absolute Gasteiger partial charge is 0.493 e. The molecule has 1 aliphatic rings. The van der Waals surface area contributed by atoms with Gasteiger partial charge in [-0.05, 0) is 24.8 Å². The number of halogens is 1. The lowest BCUT2D eigenvalue weighted by Gasteiger charge is -2.17. The van der Waals surface area contributed by atoms with Crippen molar-refractivity contribution in [3.8, 4) is 11.5 Å². The predicted molar refractivity (Wildman–Crippen MR) is 78.2 cm³/mol. The van der Waals surface area contributed by atoms with E-state index in [0.29, 0.717) is 29.3 Å². The Hall–Kier alpha value is -0.930. The summed E-state index contributed by atoms with van der Waals surface area (Å²) in [5.74, 6) is 2.00. The molecule has 0 saturated heterocycles. The number of methoxy groups -OCH3 is 1. The molecule has 0 unspecified atom stereocenters. The van der Waals surface area contributed by atoms with Crippen molar-refractivity contribution in [2.75, 3.05) is 13.7 Å². The molecule has 0 aliphatic heterocycles. The minimum absolute atomic E-state index is 0.477. The Labute approximate surface area is 120 Å². The Morgan fingerprint density at radius 1 is 1.37 bits per heavy atom. The maximum absolute atomic E-state index is 6.13. The summed E-state index contributed by atoms with van der Waals surface area (Å²) in [5.41, 5.74) is 1.07. The SMILES string of the molecule is COc1cc(Cl)cc(CNC2CC2)c1OCC(C)C. The van der Waals surface area contributed by atoms with Gasteiger partial charge in [0.25, 0.3) is 0 Å². The fourth-order valence-electron chi connectivity index (χ4n) is 1.86. The molecule has 0 spiro atoms. The van der Waals surface area contributed by atoms with Crippen LogP contribution in [0.1, 0.15) is 32.3 Å². The molecule has 1 aromatic carbocycles. The minimum atomic E-state index is 0.477. The Morgan fingerprint density at radius 2 is 2.11 bits per heavy atom. The van der Waals surface area contributed by atoms with Gasteiger partial charge < -0.3 is 14.8 Å². The van der Waals surface area contributed by atoms with E-state index in [2.05, 4.69) is 19.2 Å². The zero-order valence-corrected chi connectivity index (χ0v) is 12.6. The van der Waals surface area contributed by atoms with E-state index in [4.69, 9.17) is 21.1 Å². The second-order valence-electron chi connectivity index (χ2n) is 5.46. The molecular weight excluding hydrogens is 262 g/mol. The monoisotopic (exact) mass is 283 g/mol. The lowest BCUT2D eigenvalue weighted by molar-refractivity contribution is 0.254. The molecule has 1 saturated carbocycles. The van der Waals surface area contributed by atoms with E-state index in [1.54, 1.807) is 13.2 Å². The van der Waals surface area contributed by atoms with Crippen LogP contribution in [0.15, 0.2) is 12.1 Å². The number of benzene rings is 1. The van der Waals surface area contributed by atoms with Crippen LogP contribution in [-0.4, -0.2) is 19.8 Å². The van der Waals surface area contributed by atoms with Crippen LogP contribution in [0.4, 0.5) is 0 Å². The smallest absolute Gasteiger partial charge is 0.165 e. The van der Waals surface area contributed by atoms with E-state index in [0.717, 1.165) is 17.9 Å². The zero-order chi connectivity index (χ0) is 13.8. The summed E-state index contributed by atoms with van der Waals surface area (Å²) in [6.07, 6.45) is 2.53. The van der Waals surface area contributed by atoms with Crippen molar-refractivity contribution in [2.45, 2.75) is 39.3 Å². The lowest BCUT2D eigenvalue weighted by Crippen LogP contribution is -2.17. The Balaban J connectivity index is 2.17. The first-order valence-corrected chi connectivity index (χ1v) is 7.20. The molecule has 106 valence electrons. The Kier molecular flexibility index (Phi) is 4.94. The van der Waals surface area contributed by atoms with Gasteiger partial charge >= 0.3 is 0 Å². The van der Waals surface area contributed by atoms with Crippen molar-refractivity contribution in [3.05, 3.63) is 22.7 Å². The molecule has 0 aromatic heterocycles. The Bertz CT molecular complexity index is 430. The third-order valence-electron chi connectivity index (χ3n) is 3.04. The predicted octanol–water partition coefficient (Wildman–Crippen LogP) is 3.64. The standard InChI is InChI=1S/C15H22ClNO2/c1-10(2)9-19-15-11(8-17-13-4-5-13)6-12(16)7-14(15)18-3/h6-7,10,13,17H,4-5,8-9H2,1-3H3. The summed E-state index contributed by atoms with van der Waals surface area (Å²) in [5, 5.41) is 4.17. The molecule has 1 N–H and O–H groups in total. The first-order valence-electron chi connectivity index (χ1n) is 6.82. The van der Waals surface area contributed by atoms with Crippen molar-refractivity contribution < 1.29 is 9.47 Å². The highest BCUT2D eigenvalue weighted by molar-refractivity contribution is 6.30. The highest BCUT2D eigenvalue weighted by Gasteiger charge is 2.21. The van der Waals surface area contributed by atoms with Gasteiger partial charge in [0.2, 0.25) is 0 Å². The molecule has 1 aliphatic carbocycles. The van der Waals surface area contributed by atoms with Crippen LogP contribution >= 0.6 is 11.6 Å². The van der Waals surface area contributed by atoms with Gasteiger partial charge in [0.15, 0.2) is 11.5 Å². The summed E-state index contributed by atoms with van der Waals surface area (Å²) in [4.78, 5) is 0. The van der Waals surface area contributed by atoms with E-state index < -0.39 is 0 Å². The van der Waals surface area contributed by atoms with Crippen molar-refractivity contribution in [1.82, 2.24) is 5.32 Å². The zero-order valence-electron chi connectivity index (χ0n) is 11.8. The van der Waals surface area contributed by atoms with E-state index in [9.17, 15) is 0 Å². The summed E-state index contributed by atoms with van der Waals surface area (Å²) < 4.78 is 11.3. The highest BCUT2D eigenvalue weighted by atomic mass is 35.5. The highest BCUT2D eigenvalue weighted by Crippen LogP contribution is 2.35. The van der Waals surface area contributed by atoms with Crippen LogP contribution in [0.3, 0.4) is 0 Å². The fraction of sp³-hybridized carbons (Fsp3) is 0.600. The summed E-state index contributed by atoms with van der Waals surface area (Å²) in [6, 6.07) is 4.41. The molecule has 0 bridgehead atoms. The molecular formula is C15H22ClNO2. The third-order valence-corrected chi connectivity index (χ3v) is 3.25. The molecule has 0 atom stereocenters. The average Bonchev–Trinajstić information content (AvgIpc) is 3.17. The minimum Gasteiger partial charge on any atom is -0.493 e. The molecule has 19 heavy (non-hydrogen) atoms. The summed E-state index contributed by atoms with van der Waals surface area (Å²) >= 11 is 6.13. The van der Waals surface area contributed by atoms with Crippen molar-refractivity contribution in [1.29, 1.82) is 0 Å². The second kappa shape index (κ2) is 6.49. The molecule has 2 rings (SSSR count). The van der Waals surface area contributed by atoms with Crippen molar-refractivity contribution in [3.63, 3.8) is 0 Å². The summed E-state index contributed by atoms with van der Waals surface area (Å²) in [7, 11) is 1.64. The van der Waals surface area contributed by atoms with Crippen molar-refractivity contribution >= 4 is 11.6 Å². The Morgan fingerprint density at radius 3 is 2.68 bits per heavy atom. The third kappa shape index (κ3) is 4.29. The number of rotatable bonds is 7. The second-order valence-corrected chi connectivity index (χ2v) is 5.89. The first kappa shape index (κ1) is 14.5. The van der Waals surface area contributed by atoms with E-state index in [1.165, 1.54) is 12.8 Å². The topological polar surface area (TPSA) is 30.5 Å². The quantitative estimate of drug-likeness (QED) is 0.829. The van der Waals surface area contributed by atoms with Gasteiger partial charge in [0, 0.05) is 29.2 Å². The molecule has 0 radical (unpaired) electrons.